The third kappa shape index (κ3) is 3.23. The number of hydrogen-bond donors (Lipinski definition) is 1. The highest BCUT2D eigenvalue weighted by atomic mass is 16.5. The number of anilines is 1. The first-order valence-corrected chi connectivity index (χ1v) is 7.71. The molecule has 1 amide bonds. The van der Waals surface area contributed by atoms with Crippen molar-refractivity contribution in [2.24, 2.45) is 5.92 Å². The third-order valence-corrected chi connectivity index (χ3v) is 3.93. The molecule has 1 atom stereocenters. The number of benzene rings is 1. The second kappa shape index (κ2) is 6.60. The van der Waals surface area contributed by atoms with Crippen molar-refractivity contribution in [1.82, 2.24) is 4.98 Å². The molecule has 1 aliphatic rings. The molecule has 0 saturated heterocycles. The standard InChI is InChI=1S/C18H18N2O3/c1-2-12-6-7-13-15(11-12)23-10-8-14(17(13)21)18(22)20-16-5-3-4-9-19-16/h3-7,9,11,14H,2,8,10H2,1H3,(H,19,20,22). The number of fused-ring (bicyclic) bond motifs is 1. The van der Waals surface area contributed by atoms with E-state index in [2.05, 4.69) is 10.3 Å². The number of ether oxygens (including phenoxy) is 1. The van der Waals surface area contributed by atoms with Gasteiger partial charge in [-0.15, -0.1) is 0 Å². The van der Waals surface area contributed by atoms with Crippen LogP contribution in [-0.2, 0) is 11.2 Å². The van der Waals surface area contributed by atoms with E-state index >= 15 is 0 Å². The molecule has 0 radical (unpaired) electrons. The van der Waals surface area contributed by atoms with Gasteiger partial charge in [0.1, 0.15) is 17.5 Å². The van der Waals surface area contributed by atoms with E-state index < -0.39 is 5.92 Å². The van der Waals surface area contributed by atoms with Crippen LogP contribution >= 0.6 is 0 Å². The second-order valence-corrected chi connectivity index (χ2v) is 5.44. The summed E-state index contributed by atoms with van der Waals surface area (Å²) in [6.45, 7) is 2.38. The van der Waals surface area contributed by atoms with Gasteiger partial charge in [0.15, 0.2) is 5.78 Å². The van der Waals surface area contributed by atoms with Crippen LogP contribution in [-0.4, -0.2) is 23.3 Å². The number of carbonyl (C=O) groups is 2. The quantitative estimate of drug-likeness (QED) is 0.885. The van der Waals surface area contributed by atoms with Crippen LogP contribution in [0.1, 0.15) is 29.3 Å². The van der Waals surface area contributed by atoms with E-state index in [-0.39, 0.29) is 11.7 Å². The van der Waals surface area contributed by atoms with E-state index in [0.29, 0.717) is 30.2 Å². The topological polar surface area (TPSA) is 68.3 Å². The molecular weight excluding hydrogens is 292 g/mol. The molecule has 1 aliphatic heterocycles. The van der Waals surface area contributed by atoms with Crippen LogP contribution in [0.3, 0.4) is 0 Å². The molecule has 2 heterocycles. The van der Waals surface area contributed by atoms with Crippen LogP contribution in [0.4, 0.5) is 5.82 Å². The third-order valence-electron chi connectivity index (χ3n) is 3.93. The van der Waals surface area contributed by atoms with Crippen LogP contribution in [0.5, 0.6) is 5.75 Å². The van der Waals surface area contributed by atoms with Gasteiger partial charge in [-0.3, -0.25) is 9.59 Å². The van der Waals surface area contributed by atoms with Crippen molar-refractivity contribution in [3.63, 3.8) is 0 Å². The van der Waals surface area contributed by atoms with Crippen LogP contribution in [0.2, 0.25) is 0 Å². The van der Waals surface area contributed by atoms with Crippen LogP contribution in [0.15, 0.2) is 42.6 Å². The minimum atomic E-state index is -0.759. The summed E-state index contributed by atoms with van der Waals surface area (Å²) in [5.41, 5.74) is 1.58. The molecule has 1 aromatic carbocycles. The normalized spacial score (nSPS) is 16.9. The lowest BCUT2D eigenvalue weighted by molar-refractivity contribution is -0.118. The average Bonchev–Trinajstić information content (AvgIpc) is 2.74. The van der Waals surface area contributed by atoms with Crippen molar-refractivity contribution in [3.8, 4) is 5.75 Å². The fourth-order valence-electron chi connectivity index (χ4n) is 2.62. The zero-order valence-electron chi connectivity index (χ0n) is 12.9. The van der Waals surface area contributed by atoms with Crippen molar-refractivity contribution in [2.75, 3.05) is 11.9 Å². The van der Waals surface area contributed by atoms with Crippen molar-refractivity contribution in [1.29, 1.82) is 0 Å². The summed E-state index contributed by atoms with van der Waals surface area (Å²) >= 11 is 0. The minimum Gasteiger partial charge on any atom is -0.493 e. The molecule has 5 heteroatoms. The van der Waals surface area contributed by atoms with Gasteiger partial charge in [0.05, 0.1) is 12.2 Å². The molecule has 0 bridgehead atoms. The lowest BCUT2D eigenvalue weighted by Crippen LogP contribution is -2.30. The number of nitrogens with zero attached hydrogens (tertiary/aromatic N) is 1. The van der Waals surface area contributed by atoms with Gasteiger partial charge >= 0.3 is 0 Å². The Morgan fingerprint density at radius 1 is 1.35 bits per heavy atom. The van der Waals surface area contributed by atoms with Gasteiger partial charge in [-0.25, -0.2) is 4.98 Å². The highest BCUT2D eigenvalue weighted by Gasteiger charge is 2.32. The Labute approximate surface area is 134 Å². The van der Waals surface area contributed by atoms with Crippen molar-refractivity contribution >= 4 is 17.5 Å². The molecule has 5 nitrogen and oxygen atoms in total. The van der Waals surface area contributed by atoms with Crippen LogP contribution in [0.25, 0.3) is 0 Å². The lowest BCUT2D eigenvalue weighted by Gasteiger charge is -2.12. The zero-order chi connectivity index (χ0) is 16.2. The molecule has 2 aromatic rings. The van der Waals surface area contributed by atoms with E-state index in [0.717, 1.165) is 12.0 Å². The Hall–Kier alpha value is -2.69. The van der Waals surface area contributed by atoms with Crippen molar-refractivity contribution in [2.45, 2.75) is 19.8 Å². The van der Waals surface area contributed by atoms with Gasteiger partial charge in [0.25, 0.3) is 0 Å². The Morgan fingerprint density at radius 2 is 2.22 bits per heavy atom. The Balaban J connectivity index is 1.83. The molecule has 0 spiro atoms. The predicted octanol–water partition coefficient (Wildman–Crippen LogP) is 2.86. The first-order chi connectivity index (χ1) is 11.2. The van der Waals surface area contributed by atoms with Crippen LogP contribution < -0.4 is 10.1 Å². The van der Waals surface area contributed by atoms with E-state index in [1.54, 1.807) is 30.5 Å². The number of rotatable bonds is 3. The summed E-state index contributed by atoms with van der Waals surface area (Å²) < 4.78 is 5.68. The summed E-state index contributed by atoms with van der Waals surface area (Å²) in [5, 5.41) is 2.70. The van der Waals surface area contributed by atoms with E-state index in [9.17, 15) is 9.59 Å². The summed E-state index contributed by atoms with van der Waals surface area (Å²) in [7, 11) is 0. The summed E-state index contributed by atoms with van der Waals surface area (Å²) in [5.74, 6) is -0.288. The maximum atomic E-state index is 12.7. The molecule has 0 fully saturated rings. The summed E-state index contributed by atoms with van der Waals surface area (Å²) in [6.07, 6.45) is 2.82. The minimum absolute atomic E-state index is 0.200. The van der Waals surface area contributed by atoms with Gasteiger partial charge in [0, 0.05) is 12.6 Å². The molecule has 0 aliphatic carbocycles. The highest BCUT2D eigenvalue weighted by molar-refractivity contribution is 6.14. The number of carbonyl (C=O) groups excluding carboxylic acids is 2. The number of pyridine rings is 1. The number of ketones is 1. The second-order valence-electron chi connectivity index (χ2n) is 5.44. The Kier molecular flexibility index (Phi) is 4.37. The molecule has 118 valence electrons. The summed E-state index contributed by atoms with van der Waals surface area (Å²) in [4.78, 5) is 29.2. The first-order valence-electron chi connectivity index (χ1n) is 7.71. The molecule has 1 N–H and O–H groups in total. The molecule has 1 unspecified atom stereocenters. The fourth-order valence-corrected chi connectivity index (χ4v) is 2.62. The van der Waals surface area contributed by atoms with E-state index in [1.807, 2.05) is 19.1 Å². The monoisotopic (exact) mass is 310 g/mol. The van der Waals surface area contributed by atoms with Gasteiger partial charge in [-0.2, -0.15) is 0 Å². The SMILES string of the molecule is CCc1ccc2c(c1)OCCC(C(=O)Nc1ccccn1)C2=O. The maximum absolute atomic E-state index is 12.7. The Morgan fingerprint density at radius 3 is 2.96 bits per heavy atom. The number of aryl methyl sites for hydroxylation is 1. The van der Waals surface area contributed by atoms with Crippen LogP contribution in [0, 0.1) is 5.92 Å². The summed E-state index contributed by atoms with van der Waals surface area (Å²) in [6, 6.07) is 10.8. The van der Waals surface area contributed by atoms with E-state index in [4.69, 9.17) is 4.74 Å². The fraction of sp³-hybridized carbons (Fsp3) is 0.278. The number of Topliss-reactive ketones (excluding diaryl/α,β-unsaturated/α-hetero) is 1. The Bertz CT molecular complexity index is 728. The molecule has 1 aromatic heterocycles. The van der Waals surface area contributed by atoms with Gasteiger partial charge in [-0.05, 0) is 36.2 Å². The first kappa shape index (κ1) is 15.2. The molecular formula is C18H18N2O3. The highest BCUT2D eigenvalue weighted by Crippen LogP contribution is 2.29. The molecule has 0 saturated carbocycles. The van der Waals surface area contributed by atoms with Gasteiger partial charge in [-0.1, -0.05) is 19.1 Å². The smallest absolute Gasteiger partial charge is 0.236 e. The number of aromatic nitrogens is 1. The molecule has 23 heavy (non-hydrogen) atoms. The van der Waals surface area contributed by atoms with Gasteiger partial charge < -0.3 is 10.1 Å². The number of hydrogen-bond acceptors (Lipinski definition) is 4. The zero-order valence-corrected chi connectivity index (χ0v) is 12.9. The van der Waals surface area contributed by atoms with Crippen molar-refractivity contribution in [3.05, 3.63) is 53.7 Å². The predicted molar refractivity (Wildman–Crippen MR) is 86.6 cm³/mol. The van der Waals surface area contributed by atoms with Gasteiger partial charge in [0.2, 0.25) is 5.91 Å². The average molecular weight is 310 g/mol. The maximum Gasteiger partial charge on any atom is 0.236 e. The number of nitrogens with one attached hydrogen (secondary N) is 1. The van der Waals surface area contributed by atoms with Crippen molar-refractivity contribution < 1.29 is 14.3 Å². The molecule has 3 rings (SSSR count). The number of amides is 1. The van der Waals surface area contributed by atoms with E-state index in [1.165, 1.54) is 0 Å². The lowest BCUT2D eigenvalue weighted by atomic mass is 9.93. The largest absolute Gasteiger partial charge is 0.493 e.